The Morgan fingerprint density at radius 1 is 1.33 bits per heavy atom. The maximum Gasteiger partial charge on any atom is 0.158 e. The molecule has 0 aliphatic heterocycles. The van der Waals surface area contributed by atoms with Crippen LogP contribution in [0.4, 0.5) is 0 Å². The molecule has 2 nitrogen and oxygen atoms in total. The van der Waals surface area contributed by atoms with Gasteiger partial charge in [-0.25, -0.2) is 0 Å². The fourth-order valence-corrected chi connectivity index (χ4v) is 1.79. The van der Waals surface area contributed by atoms with E-state index in [1.54, 1.807) is 6.08 Å². The fourth-order valence-electron chi connectivity index (χ4n) is 1.79. The Morgan fingerprint density at radius 2 is 2.06 bits per heavy atom. The third-order valence-electron chi connectivity index (χ3n) is 3.05. The van der Waals surface area contributed by atoms with Gasteiger partial charge in [0.05, 0.1) is 6.10 Å². The number of aryl methyl sites for hydroxylation is 2. The maximum atomic E-state index is 11.6. The summed E-state index contributed by atoms with van der Waals surface area (Å²) < 4.78 is 0. The molecule has 18 heavy (non-hydrogen) atoms. The largest absolute Gasteiger partial charge is 0.393 e. The summed E-state index contributed by atoms with van der Waals surface area (Å²) in [6.07, 6.45) is 4.66. The summed E-state index contributed by atoms with van der Waals surface area (Å²) in [7, 11) is 0. The molecule has 0 spiro atoms. The van der Waals surface area contributed by atoms with E-state index in [0.717, 1.165) is 12.0 Å². The molecule has 0 heterocycles. The van der Waals surface area contributed by atoms with E-state index in [-0.39, 0.29) is 12.2 Å². The monoisotopic (exact) mass is 246 g/mol. The smallest absolute Gasteiger partial charge is 0.158 e. The highest BCUT2D eigenvalue weighted by Gasteiger charge is 2.06. The number of carbonyl (C=O) groups is 1. The summed E-state index contributed by atoms with van der Waals surface area (Å²) in [4.78, 5) is 11.6. The predicted molar refractivity (Wildman–Crippen MR) is 75.5 cm³/mol. The number of rotatable bonds is 6. The Hall–Kier alpha value is -1.41. The topological polar surface area (TPSA) is 37.3 Å². The molecule has 0 bridgehead atoms. The van der Waals surface area contributed by atoms with Crippen molar-refractivity contribution < 1.29 is 9.90 Å². The lowest BCUT2D eigenvalue weighted by Crippen LogP contribution is -2.11. The first kappa shape index (κ1) is 14.7. The lowest BCUT2D eigenvalue weighted by molar-refractivity contribution is -0.116. The van der Waals surface area contributed by atoms with E-state index in [2.05, 4.69) is 19.9 Å². The van der Waals surface area contributed by atoms with Gasteiger partial charge in [0.15, 0.2) is 5.78 Å². The van der Waals surface area contributed by atoms with Gasteiger partial charge in [-0.3, -0.25) is 4.79 Å². The lowest BCUT2D eigenvalue weighted by Gasteiger charge is -2.05. The Balaban J connectivity index is 2.58. The number of carbonyl (C=O) groups excluding carboxylic acids is 1. The molecule has 0 aliphatic carbocycles. The Kier molecular flexibility index (Phi) is 5.79. The van der Waals surface area contributed by atoms with Crippen molar-refractivity contribution >= 4 is 11.9 Å². The van der Waals surface area contributed by atoms with Crippen LogP contribution >= 0.6 is 0 Å². The normalized spacial score (nSPS) is 12.9. The highest BCUT2D eigenvalue weighted by Crippen LogP contribution is 2.11. The molecule has 2 heteroatoms. The first-order valence-corrected chi connectivity index (χ1v) is 6.49. The van der Waals surface area contributed by atoms with Crippen molar-refractivity contribution in [3.8, 4) is 0 Å². The van der Waals surface area contributed by atoms with Gasteiger partial charge in [0.1, 0.15) is 0 Å². The Morgan fingerprint density at radius 3 is 2.67 bits per heavy atom. The van der Waals surface area contributed by atoms with E-state index in [9.17, 15) is 9.90 Å². The van der Waals surface area contributed by atoms with Crippen molar-refractivity contribution in [1.29, 1.82) is 0 Å². The zero-order valence-electron chi connectivity index (χ0n) is 11.4. The van der Waals surface area contributed by atoms with Crippen molar-refractivity contribution in [3.63, 3.8) is 0 Å². The van der Waals surface area contributed by atoms with Gasteiger partial charge < -0.3 is 5.11 Å². The number of hydrogen-bond donors (Lipinski definition) is 1. The fraction of sp³-hybridized carbons (Fsp3) is 0.438. The molecule has 0 aliphatic rings. The second kappa shape index (κ2) is 7.12. The van der Waals surface area contributed by atoms with E-state index in [1.165, 1.54) is 11.1 Å². The third kappa shape index (κ3) is 4.84. The Bertz CT molecular complexity index is 433. The van der Waals surface area contributed by atoms with Gasteiger partial charge in [0, 0.05) is 6.42 Å². The summed E-state index contributed by atoms with van der Waals surface area (Å²) in [5.41, 5.74) is 3.49. The van der Waals surface area contributed by atoms with Crippen LogP contribution in [0.3, 0.4) is 0 Å². The van der Waals surface area contributed by atoms with Crippen LogP contribution in [0.5, 0.6) is 0 Å². The average Bonchev–Trinajstić information content (AvgIpc) is 2.31. The number of aliphatic hydroxyl groups excluding tert-OH is 1. The molecule has 98 valence electrons. The molecule has 1 rings (SSSR count). The van der Waals surface area contributed by atoms with E-state index in [4.69, 9.17) is 0 Å². The quantitative estimate of drug-likeness (QED) is 0.781. The molecular formula is C16H22O2. The standard InChI is InChI=1S/C16H22O2/c1-4-5-15(17)11-16(18)9-8-14-7-6-12(2)13(3)10-14/h6-10,15,17H,4-5,11H2,1-3H3/b9-8+. The summed E-state index contributed by atoms with van der Waals surface area (Å²) in [5, 5.41) is 9.54. The SMILES string of the molecule is CCCC(O)CC(=O)/C=C/c1ccc(C)c(C)c1. The van der Waals surface area contributed by atoms with Gasteiger partial charge in [0.25, 0.3) is 0 Å². The van der Waals surface area contributed by atoms with Crippen LogP contribution < -0.4 is 0 Å². The number of ketones is 1. The van der Waals surface area contributed by atoms with Gasteiger partial charge in [-0.05, 0) is 43.0 Å². The molecule has 1 aromatic rings. The first-order valence-electron chi connectivity index (χ1n) is 6.49. The number of allylic oxidation sites excluding steroid dienone is 1. The van der Waals surface area contributed by atoms with Gasteiger partial charge in [-0.15, -0.1) is 0 Å². The zero-order valence-corrected chi connectivity index (χ0v) is 11.4. The number of aliphatic hydroxyl groups is 1. The van der Waals surface area contributed by atoms with Crippen LogP contribution in [0, 0.1) is 13.8 Å². The second-order valence-electron chi connectivity index (χ2n) is 4.79. The van der Waals surface area contributed by atoms with Crippen LogP contribution in [0.15, 0.2) is 24.3 Å². The van der Waals surface area contributed by atoms with Crippen molar-refractivity contribution in [2.75, 3.05) is 0 Å². The molecule has 0 saturated carbocycles. The van der Waals surface area contributed by atoms with Crippen molar-refractivity contribution in [2.24, 2.45) is 0 Å². The molecular weight excluding hydrogens is 224 g/mol. The summed E-state index contributed by atoms with van der Waals surface area (Å²) in [5.74, 6) is -0.0193. The van der Waals surface area contributed by atoms with E-state index in [0.29, 0.717) is 6.42 Å². The molecule has 0 aromatic heterocycles. The van der Waals surface area contributed by atoms with E-state index in [1.807, 2.05) is 25.1 Å². The summed E-state index contributed by atoms with van der Waals surface area (Å²) >= 11 is 0. The average molecular weight is 246 g/mol. The molecule has 1 unspecified atom stereocenters. The molecule has 1 atom stereocenters. The Labute approximate surface area is 109 Å². The molecule has 1 aromatic carbocycles. The van der Waals surface area contributed by atoms with Crippen molar-refractivity contribution in [1.82, 2.24) is 0 Å². The van der Waals surface area contributed by atoms with Crippen LogP contribution in [-0.2, 0) is 4.79 Å². The van der Waals surface area contributed by atoms with Crippen molar-refractivity contribution in [3.05, 3.63) is 41.0 Å². The minimum Gasteiger partial charge on any atom is -0.393 e. The minimum atomic E-state index is -0.507. The van der Waals surface area contributed by atoms with Gasteiger partial charge in [-0.1, -0.05) is 37.6 Å². The number of hydrogen-bond acceptors (Lipinski definition) is 2. The maximum absolute atomic E-state index is 11.6. The van der Waals surface area contributed by atoms with Gasteiger partial charge in [0.2, 0.25) is 0 Å². The van der Waals surface area contributed by atoms with Crippen LogP contribution in [0.2, 0.25) is 0 Å². The van der Waals surface area contributed by atoms with Crippen LogP contribution in [-0.4, -0.2) is 17.0 Å². The highest BCUT2D eigenvalue weighted by molar-refractivity contribution is 5.93. The molecule has 0 amide bonds. The highest BCUT2D eigenvalue weighted by atomic mass is 16.3. The van der Waals surface area contributed by atoms with E-state index < -0.39 is 6.10 Å². The van der Waals surface area contributed by atoms with Crippen LogP contribution in [0.25, 0.3) is 6.08 Å². The number of benzene rings is 1. The third-order valence-corrected chi connectivity index (χ3v) is 3.05. The van der Waals surface area contributed by atoms with Gasteiger partial charge in [-0.2, -0.15) is 0 Å². The first-order chi connectivity index (χ1) is 8.52. The lowest BCUT2D eigenvalue weighted by atomic mass is 10.0. The van der Waals surface area contributed by atoms with Crippen molar-refractivity contribution in [2.45, 2.75) is 46.1 Å². The van der Waals surface area contributed by atoms with E-state index >= 15 is 0 Å². The minimum absolute atomic E-state index is 0.0193. The predicted octanol–water partition coefficient (Wildman–Crippen LogP) is 3.44. The molecule has 0 fully saturated rings. The zero-order chi connectivity index (χ0) is 13.5. The molecule has 0 radical (unpaired) electrons. The molecule has 0 saturated heterocycles. The molecule has 1 N–H and O–H groups in total. The summed E-state index contributed by atoms with van der Waals surface area (Å²) in [6, 6.07) is 6.10. The second-order valence-corrected chi connectivity index (χ2v) is 4.79. The van der Waals surface area contributed by atoms with Gasteiger partial charge >= 0.3 is 0 Å². The summed E-state index contributed by atoms with van der Waals surface area (Å²) in [6.45, 7) is 6.12. The van der Waals surface area contributed by atoms with Crippen LogP contribution in [0.1, 0.15) is 42.9 Å².